The molecule has 8 aromatic carbocycles. The lowest BCUT2D eigenvalue weighted by Crippen LogP contribution is -2.39. The molecule has 1 saturated carbocycles. The van der Waals surface area contributed by atoms with Crippen LogP contribution < -0.4 is 4.90 Å². The molecule has 0 saturated heterocycles. The number of hydrogen-bond donors (Lipinski definition) is 0. The number of rotatable bonds is 3. The molecule has 0 N–H and O–H groups in total. The van der Waals surface area contributed by atoms with Crippen LogP contribution in [0.3, 0.4) is 0 Å². The minimum atomic E-state index is -0.0343. The first-order valence-corrected chi connectivity index (χ1v) is 18.4. The van der Waals surface area contributed by atoms with E-state index < -0.39 is 0 Å². The van der Waals surface area contributed by atoms with Gasteiger partial charge in [0, 0.05) is 27.6 Å². The Labute approximate surface area is 299 Å². The van der Waals surface area contributed by atoms with Crippen LogP contribution in [0.15, 0.2) is 176 Å². The molecule has 8 aromatic rings. The van der Waals surface area contributed by atoms with E-state index in [1.54, 1.807) is 0 Å². The van der Waals surface area contributed by atoms with E-state index in [4.69, 9.17) is 0 Å². The van der Waals surface area contributed by atoms with Gasteiger partial charge in [0.1, 0.15) is 0 Å². The van der Waals surface area contributed by atoms with Crippen LogP contribution in [0.1, 0.15) is 47.9 Å². The van der Waals surface area contributed by atoms with Crippen molar-refractivity contribution >= 4 is 38.6 Å². The Bertz CT molecular complexity index is 2620. The summed E-state index contributed by atoms with van der Waals surface area (Å²) in [6.45, 7) is 0. The number of benzene rings is 8. The van der Waals surface area contributed by atoms with Gasteiger partial charge >= 0.3 is 0 Å². The molecule has 3 aliphatic carbocycles. The van der Waals surface area contributed by atoms with E-state index in [1.807, 2.05) is 0 Å². The van der Waals surface area contributed by atoms with Crippen molar-refractivity contribution in [3.8, 4) is 22.3 Å². The van der Waals surface area contributed by atoms with Gasteiger partial charge < -0.3 is 4.90 Å². The van der Waals surface area contributed by atoms with E-state index in [2.05, 4.69) is 181 Å². The molecule has 2 spiro atoms. The molecule has 51 heavy (non-hydrogen) atoms. The molecular weight excluding hydrogens is 615 g/mol. The molecule has 242 valence electrons. The summed E-state index contributed by atoms with van der Waals surface area (Å²) < 4.78 is 0. The maximum absolute atomic E-state index is 2.56. The molecule has 0 heterocycles. The molecule has 1 fully saturated rings. The van der Waals surface area contributed by atoms with E-state index in [0.29, 0.717) is 0 Å². The molecule has 1 heteroatoms. The summed E-state index contributed by atoms with van der Waals surface area (Å²) in [5.74, 6) is 0. The highest BCUT2D eigenvalue weighted by atomic mass is 15.1. The Morgan fingerprint density at radius 3 is 1.47 bits per heavy atom. The summed E-state index contributed by atoms with van der Waals surface area (Å²) >= 11 is 0. The molecule has 0 radical (unpaired) electrons. The second-order valence-corrected chi connectivity index (χ2v) is 14.9. The highest BCUT2D eigenvalue weighted by Crippen LogP contribution is 2.64. The second kappa shape index (κ2) is 10.8. The number of hydrogen-bond acceptors (Lipinski definition) is 1. The van der Waals surface area contributed by atoms with Crippen molar-refractivity contribution in [2.45, 2.75) is 36.5 Å². The quantitative estimate of drug-likeness (QED) is 0.184. The largest absolute Gasteiger partial charge is 0.310 e. The highest BCUT2D eigenvalue weighted by Gasteiger charge is 2.53. The van der Waals surface area contributed by atoms with Gasteiger partial charge in [0.25, 0.3) is 0 Å². The van der Waals surface area contributed by atoms with Crippen LogP contribution in [0.5, 0.6) is 0 Å². The third kappa shape index (κ3) is 4.04. The van der Waals surface area contributed by atoms with Crippen molar-refractivity contribution in [2.24, 2.45) is 0 Å². The summed E-state index contributed by atoms with van der Waals surface area (Å²) in [5, 5.41) is 5.01. The monoisotopic (exact) mass is 651 g/mol. The zero-order valence-electron chi connectivity index (χ0n) is 28.5. The highest BCUT2D eigenvalue weighted by molar-refractivity contribution is 6.00. The van der Waals surface area contributed by atoms with Crippen molar-refractivity contribution < 1.29 is 0 Å². The molecule has 0 aliphatic heterocycles. The van der Waals surface area contributed by atoms with Crippen molar-refractivity contribution in [1.82, 2.24) is 0 Å². The van der Waals surface area contributed by atoms with Gasteiger partial charge in [0.2, 0.25) is 0 Å². The van der Waals surface area contributed by atoms with Gasteiger partial charge in [-0.15, -0.1) is 0 Å². The van der Waals surface area contributed by atoms with Crippen molar-refractivity contribution in [3.05, 3.63) is 198 Å². The Morgan fingerprint density at radius 2 is 0.804 bits per heavy atom. The van der Waals surface area contributed by atoms with Crippen LogP contribution in [0.25, 0.3) is 43.8 Å². The lowest BCUT2D eigenvalue weighted by Gasteiger charge is -2.45. The summed E-state index contributed by atoms with van der Waals surface area (Å²) in [6, 6.07) is 66.1. The normalized spacial score (nSPS) is 15.8. The van der Waals surface area contributed by atoms with E-state index >= 15 is 0 Å². The van der Waals surface area contributed by atoms with Crippen LogP contribution >= 0.6 is 0 Å². The van der Waals surface area contributed by atoms with Gasteiger partial charge in [0.15, 0.2) is 0 Å². The molecule has 0 bridgehead atoms. The van der Waals surface area contributed by atoms with Gasteiger partial charge in [-0.05, 0) is 117 Å². The third-order valence-electron chi connectivity index (χ3n) is 12.6. The van der Waals surface area contributed by atoms with Gasteiger partial charge in [-0.25, -0.2) is 0 Å². The summed E-state index contributed by atoms with van der Waals surface area (Å²) in [7, 11) is 0. The van der Waals surface area contributed by atoms with Crippen LogP contribution in [0.4, 0.5) is 17.1 Å². The number of anilines is 3. The smallest absolute Gasteiger partial charge is 0.0540 e. The number of fused-ring (bicyclic) bond motifs is 12. The maximum atomic E-state index is 2.56. The summed E-state index contributed by atoms with van der Waals surface area (Å²) in [6.07, 6.45) is 4.51. The first kappa shape index (κ1) is 28.9. The zero-order chi connectivity index (χ0) is 33.6. The average molecular weight is 652 g/mol. The third-order valence-corrected chi connectivity index (χ3v) is 12.6. The second-order valence-electron chi connectivity index (χ2n) is 14.9. The predicted octanol–water partition coefficient (Wildman–Crippen LogP) is 13.3. The van der Waals surface area contributed by atoms with E-state index in [-0.39, 0.29) is 10.8 Å². The van der Waals surface area contributed by atoms with Crippen molar-refractivity contribution in [3.63, 3.8) is 0 Å². The number of nitrogens with zero attached hydrogens (tertiary/aromatic N) is 1. The standard InChI is InChI=1S/C50H37N/c1-2-14-36-32-37(25-24-34(36)12-1)51(48-23-11-15-35-13-3-4-16-39(35)48)38-26-27-43-42-19-7-10-22-46(42)50(47(43)33-38)30-28-49(29-31-50)44-20-8-5-17-40(44)41-18-6-9-21-45(41)49/h1-27,32-33H,28-31H2. The average Bonchev–Trinajstić information content (AvgIpc) is 3.62. The molecule has 3 aliphatic rings. The van der Waals surface area contributed by atoms with Crippen molar-refractivity contribution in [1.29, 1.82) is 0 Å². The topological polar surface area (TPSA) is 3.24 Å². The van der Waals surface area contributed by atoms with Crippen LogP contribution in [0.2, 0.25) is 0 Å². The maximum Gasteiger partial charge on any atom is 0.0540 e. The van der Waals surface area contributed by atoms with Gasteiger partial charge in [-0.3, -0.25) is 0 Å². The summed E-state index contributed by atoms with van der Waals surface area (Å²) in [5.41, 5.74) is 15.3. The fourth-order valence-corrected chi connectivity index (χ4v) is 10.3. The van der Waals surface area contributed by atoms with E-state index in [1.165, 1.54) is 83.1 Å². The lowest BCUT2D eigenvalue weighted by molar-refractivity contribution is 0.265. The summed E-state index contributed by atoms with van der Waals surface area (Å²) in [4.78, 5) is 2.50. The Hall–Kier alpha value is -5.92. The molecular formula is C50H37N. The SMILES string of the molecule is c1ccc2c(c1)-c1ccccc1C21CCC2(CC1)c1ccccc1-c1ccc(N(c3ccc4ccccc4c3)c3cccc4ccccc34)cc12. The van der Waals surface area contributed by atoms with E-state index in [0.717, 1.165) is 25.7 Å². The van der Waals surface area contributed by atoms with Crippen LogP contribution in [-0.4, -0.2) is 0 Å². The van der Waals surface area contributed by atoms with Gasteiger partial charge in [-0.2, -0.15) is 0 Å². The first-order valence-electron chi connectivity index (χ1n) is 18.4. The first-order chi connectivity index (χ1) is 25.2. The van der Waals surface area contributed by atoms with E-state index in [9.17, 15) is 0 Å². The fraction of sp³-hybridized carbons (Fsp3) is 0.120. The fourth-order valence-electron chi connectivity index (χ4n) is 10.3. The molecule has 0 unspecified atom stereocenters. The molecule has 0 atom stereocenters. The lowest BCUT2D eigenvalue weighted by atomic mass is 9.57. The zero-order valence-corrected chi connectivity index (χ0v) is 28.5. The molecule has 0 aromatic heterocycles. The Morgan fingerprint density at radius 1 is 0.333 bits per heavy atom. The molecule has 1 nitrogen and oxygen atoms in total. The molecule has 0 amide bonds. The van der Waals surface area contributed by atoms with Crippen LogP contribution in [0, 0.1) is 0 Å². The Kier molecular flexibility index (Phi) is 6.11. The predicted molar refractivity (Wildman–Crippen MR) is 213 cm³/mol. The van der Waals surface area contributed by atoms with Gasteiger partial charge in [0.05, 0.1) is 5.69 Å². The minimum Gasteiger partial charge on any atom is -0.310 e. The van der Waals surface area contributed by atoms with Gasteiger partial charge in [-0.1, -0.05) is 146 Å². The molecule has 11 rings (SSSR count). The van der Waals surface area contributed by atoms with Crippen molar-refractivity contribution in [2.75, 3.05) is 4.90 Å². The minimum absolute atomic E-state index is 0.0343. The Balaban J connectivity index is 1.09. The van der Waals surface area contributed by atoms with Crippen LogP contribution in [-0.2, 0) is 10.8 Å².